The molecule has 2 heterocycles. The Hall–Kier alpha value is -3.39. The fourth-order valence-electron chi connectivity index (χ4n) is 2.87. The van der Waals surface area contributed by atoms with Gasteiger partial charge in [-0.3, -0.25) is 0 Å². The maximum Gasteiger partial charge on any atom is 0.228 e. The predicted molar refractivity (Wildman–Crippen MR) is 92.1 cm³/mol. The molecule has 0 aliphatic carbocycles. The molecule has 0 atom stereocenters. The van der Waals surface area contributed by atoms with Crippen LogP contribution in [-0.2, 0) is 13.1 Å². The number of nitriles is 1. The van der Waals surface area contributed by atoms with E-state index in [1.54, 1.807) is 4.90 Å². The lowest BCUT2D eigenvalue weighted by molar-refractivity contribution is 0.415. The minimum Gasteiger partial charge on any atom is -0.324 e. The van der Waals surface area contributed by atoms with E-state index in [-0.39, 0.29) is 0 Å². The first-order valence-electron chi connectivity index (χ1n) is 7.75. The molecular formula is C19H15N5. The van der Waals surface area contributed by atoms with Crippen LogP contribution < -0.4 is 5.32 Å². The monoisotopic (exact) mass is 313 g/mol. The SMILES string of the molecule is N#CN1Cc2nc(Nc3ccccc3)nc(-c3ccccc3)c2C1. The summed E-state index contributed by atoms with van der Waals surface area (Å²) < 4.78 is 0. The number of nitrogens with zero attached hydrogens (tertiary/aromatic N) is 4. The zero-order valence-corrected chi connectivity index (χ0v) is 13.0. The average Bonchev–Trinajstić information content (AvgIpc) is 3.06. The van der Waals surface area contributed by atoms with Gasteiger partial charge in [0.1, 0.15) is 0 Å². The van der Waals surface area contributed by atoms with Gasteiger partial charge in [-0.15, -0.1) is 0 Å². The summed E-state index contributed by atoms with van der Waals surface area (Å²) in [6, 6.07) is 19.9. The third-order valence-corrected chi connectivity index (χ3v) is 4.00. The number of para-hydroxylation sites is 1. The molecule has 0 fully saturated rings. The molecule has 1 aliphatic rings. The second-order valence-corrected chi connectivity index (χ2v) is 5.63. The number of nitrogens with one attached hydrogen (secondary N) is 1. The molecule has 5 heteroatoms. The Bertz CT molecular complexity index is 900. The van der Waals surface area contributed by atoms with Gasteiger partial charge in [-0.1, -0.05) is 48.5 Å². The highest BCUT2D eigenvalue weighted by atomic mass is 15.2. The molecule has 2 aromatic carbocycles. The molecule has 116 valence electrons. The van der Waals surface area contributed by atoms with Crippen LogP contribution in [0.4, 0.5) is 11.6 Å². The molecule has 0 spiro atoms. The van der Waals surface area contributed by atoms with E-state index in [0.29, 0.717) is 19.0 Å². The van der Waals surface area contributed by atoms with Gasteiger partial charge in [-0.2, -0.15) is 5.26 Å². The first-order chi connectivity index (χ1) is 11.8. The molecule has 3 aromatic rings. The van der Waals surface area contributed by atoms with Crippen LogP contribution in [-0.4, -0.2) is 14.9 Å². The lowest BCUT2D eigenvalue weighted by Crippen LogP contribution is -2.07. The second kappa shape index (κ2) is 6.01. The van der Waals surface area contributed by atoms with Gasteiger partial charge in [0.2, 0.25) is 5.95 Å². The topological polar surface area (TPSA) is 64.8 Å². The third kappa shape index (κ3) is 2.66. The van der Waals surface area contributed by atoms with Crippen LogP contribution in [0.2, 0.25) is 0 Å². The van der Waals surface area contributed by atoms with E-state index in [0.717, 1.165) is 28.2 Å². The van der Waals surface area contributed by atoms with Gasteiger partial charge in [0, 0.05) is 16.8 Å². The zero-order chi connectivity index (χ0) is 16.4. The average molecular weight is 313 g/mol. The summed E-state index contributed by atoms with van der Waals surface area (Å²) in [5.74, 6) is 0.554. The van der Waals surface area contributed by atoms with Crippen LogP contribution in [0.3, 0.4) is 0 Å². The van der Waals surface area contributed by atoms with Crippen molar-refractivity contribution < 1.29 is 0 Å². The Labute approximate surface area is 140 Å². The molecule has 0 bridgehead atoms. The largest absolute Gasteiger partial charge is 0.324 e. The Balaban J connectivity index is 1.79. The summed E-state index contributed by atoms with van der Waals surface area (Å²) >= 11 is 0. The summed E-state index contributed by atoms with van der Waals surface area (Å²) in [7, 11) is 0. The summed E-state index contributed by atoms with van der Waals surface area (Å²) in [4.78, 5) is 11.0. The highest BCUT2D eigenvalue weighted by Gasteiger charge is 2.25. The number of rotatable bonds is 3. The van der Waals surface area contributed by atoms with Gasteiger partial charge in [0.05, 0.1) is 24.5 Å². The number of hydrogen-bond acceptors (Lipinski definition) is 5. The van der Waals surface area contributed by atoms with Crippen LogP contribution in [0.1, 0.15) is 11.3 Å². The van der Waals surface area contributed by atoms with Crippen LogP contribution in [0.5, 0.6) is 0 Å². The molecule has 0 amide bonds. The molecule has 0 saturated carbocycles. The van der Waals surface area contributed by atoms with Crippen molar-refractivity contribution >= 4 is 11.6 Å². The quantitative estimate of drug-likeness (QED) is 0.747. The van der Waals surface area contributed by atoms with E-state index in [1.165, 1.54) is 0 Å². The smallest absolute Gasteiger partial charge is 0.228 e. The van der Waals surface area contributed by atoms with E-state index >= 15 is 0 Å². The molecule has 1 N–H and O–H groups in total. The van der Waals surface area contributed by atoms with E-state index in [1.807, 2.05) is 60.7 Å². The van der Waals surface area contributed by atoms with Crippen LogP contribution >= 0.6 is 0 Å². The number of benzene rings is 2. The minimum absolute atomic E-state index is 0.525. The fourth-order valence-corrected chi connectivity index (χ4v) is 2.87. The van der Waals surface area contributed by atoms with Crippen molar-refractivity contribution in [2.45, 2.75) is 13.1 Å². The molecular weight excluding hydrogens is 298 g/mol. The summed E-state index contributed by atoms with van der Waals surface area (Å²) in [5, 5.41) is 12.5. The van der Waals surface area contributed by atoms with Crippen LogP contribution in [0.15, 0.2) is 60.7 Å². The van der Waals surface area contributed by atoms with Gasteiger partial charge in [0.25, 0.3) is 0 Å². The van der Waals surface area contributed by atoms with Gasteiger partial charge in [-0.25, -0.2) is 9.97 Å². The number of hydrogen-bond donors (Lipinski definition) is 1. The lowest BCUT2D eigenvalue weighted by Gasteiger charge is -2.11. The van der Waals surface area contributed by atoms with E-state index in [4.69, 9.17) is 4.98 Å². The predicted octanol–water partition coefficient (Wildman–Crippen LogP) is 3.68. The first kappa shape index (κ1) is 14.2. The maximum absolute atomic E-state index is 9.22. The highest BCUT2D eigenvalue weighted by molar-refractivity contribution is 5.67. The molecule has 0 radical (unpaired) electrons. The second-order valence-electron chi connectivity index (χ2n) is 5.63. The van der Waals surface area contributed by atoms with Crippen molar-refractivity contribution in [3.05, 3.63) is 71.9 Å². The van der Waals surface area contributed by atoms with Gasteiger partial charge in [-0.05, 0) is 12.1 Å². The minimum atomic E-state index is 0.525. The maximum atomic E-state index is 9.22. The van der Waals surface area contributed by atoms with Gasteiger partial charge in [0.15, 0.2) is 6.19 Å². The van der Waals surface area contributed by atoms with Crippen molar-refractivity contribution in [3.63, 3.8) is 0 Å². The van der Waals surface area contributed by atoms with Gasteiger partial charge < -0.3 is 10.2 Å². The van der Waals surface area contributed by atoms with E-state index in [2.05, 4.69) is 16.5 Å². The number of anilines is 2. The molecule has 24 heavy (non-hydrogen) atoms. The van der Waals surface area contributed by atoms with Crippen molar-refractivity contribution in [3.8, 4) is 17.5 Å². The summed E-state index contributed by atoms with van der Waals surface area (Å²) in [6.45, 7) is 1.08. The van der Waals surface area contributed by atoms with E-state index in [9.17, 15) is 5.26 Å². The van der Waals surface area contributed by atoms with Crippen molar-refractivity contribution in [1.29, 1.82) is 5.26 Å². The van der Waals surface area contributed by atoms with Crippen molar-refractivity contribution in [1.82, 2.24) is 14.9 Å². The van der Waals surface area contributed by atoms with E-state index < -0.39 is 0 Å². The number of fused-ring (bicyclic) bond motifs is 1. The van der Waals surface area contributed by atoms with Crippen LogP contribution in [0.25, 0.3) is 11.3 Å². The molecule has 5 nitrogen and oxygen atoms in total. The fraction of sp³-hybridized carbons (Fsp3) is 0.105. The first-order valence-corrected chi connectivity index (χ1v) is 7.75. The number of aromatic nitrogens is 2. The molecule has 0 unspecified atom stereocenters. The summed E-state index contributed by atoms with van der Waals surface area (Å²) in [6.07, 6.45) is 2.20. The third-order valence-electron chi connectivity index (χ3n) is 4.00. The Morgan fingerprint density at radius 2 is 1.62 bits per heavy atom. The highest BCUT2D eigenvalue weighted by Crippen LogP contribution is 2.31. The van der Waals surface area contributed by atoms with Crippen LogP contribution in [0, 0.1) is 11.5 Å². The molecule has 4 rings (SSSR count). The normalized spacial score (nSPS) is 12.5. The zero-order valence-electron chi connectivity index (χ0n) is 13.0. The van der Waals surface area contributed by atoms with Crippen molar-refractivity contribution in [2.24, 2.45) is 0 Å². The lowest BCUT2D eigenvalue weighted by atomic mass is 10.1. The Morgan fingerprint density at radius 3 is 2.33 bits per heavy atom. The Morgan fingerprint density at radius 1 is 0.917 bits per heavy atom. The molecule has 1 aliphatic heterocycles. The Kier molecular flexibility index (Phi) is 3.56. The standard InChI is InChI=1S/C19H15N5/c20-13-24-11-16-17(12-24)22-19(21-15-9-5-2-6-10-15)23-18(16)14-7-3-1-4-8-14/h1-10H,11-12H2,(H,21,22,23). The molecule has 0 saturated heterocycles. The molecule has 1 aromatic heterocycles. The summed E-state index contributed by atoms with van der Waals surface area (Å²) in [5.41, 5.74) is 4.79. The van der Waals surface area contributed by atoms with Gasteiger partial charge >= 0.3 is 0 Å². The van der Waals surface area contributed by atoms with Crippen molar-refractivity contribution in [2.75, 3.05) is 5.32 Å².